The van der Waals surface area contributed by atoms with E-state index in [9.17, 15) is 0 Å². The monoisotopic (exact) mass is 273 g/mol. The summed E-state index contributed by atoms with van der Waals surface area (Å²) in [6, 6.07) is 0. The molecule has 1 aromatic heterocycles. The van der Waals surface area contributed by atoms with Gasteiger partial charge in [-0.1, -0.05) is 12.8 Å². The van der Waals surface area contributed by atoms with E-state index in [1.54, 1.807) is 0 Å². The minimum atomic E-state index is 0. The van der Waals surface area contributed by atoms with Crippen LogP contribution < -0.4 is 5.32 Å². The van der Waals surface area contributed by atoms with Crippen molar-refractivity contribution in [2.24, 2.45) is 0 Å². The summed E-state index contributed by atoms with van der Waals surface area (Å²) in [5.74, 6) is 0. The van der Waals surface area contributed by atoms with Gasteiger partial charge in [-0.15, -0.1) is 12.4 Å². The smallest absolute Gasteiger partial charge is 0.0799 e. The van der Waals surface area contributed by atoms with Crippen molar-refractivity contribution in [3.63, 3.8) is 0 Å². The molecule has 1 aromatic rings. The first-order chi connectivity index (χ1) is 7.83. The number of nitrogens with one attached hydrogen (secondary N) is 1. The Balaban J connectivity index is 0.00000108. The summed E-state index contributed by atoms with van der Waals surface area (Å²) in [4.78, 5) is 0. The van der Waals surface area contributed by atoms with Gasteiger partial charge < -0.3 is 10.1 Å². The molecule has 1 N–H and O–H groups in total. The highest BCUT2D eigenvalue weighted by molar-refractivity contribution is 7.08. The topological polar surface area (TPSA) is 21.3 Å². The van der Waals surface area contributed by atoms with Crippen molar-refractivity contribution in [1.29, 1.82) is 0 Å². The lowest BCUT2D eigenvalue weighted by molar-refractivity contribution is -0.0757. The number of rotatable bonds is 1. The van der Waals surface area contributed by atoms with Gasteiger partial charge in [0.15, 0.2) is 0 Å². The van der Waals surface area contributed by atoms with E-state index in [0.717, 1.165) is 13.2 Å². The predicted octanol–water partition coefficient (Wildman–Crippen LogP) is 3.24. The van der Waals surface area contributed by atoms with E-state index in [2.05, 4.69) is 23.0 Å². The van der Waals surface area contributed by atoms with Crippen molar-refractivity contribution in [3.8, 4) is 0 Å². The highest BCUT2D eigenvalue weighted by atomic mass is 35.5. The summed E-state index contributed by atoms with van der Waals surface area (Å²) in [6.45, 7) is 4.09. The van der Waals surface area contributed by atoms with Crippen molar-refractivity contribution < 1.29 is 4.74 Å². The standard InChI is InChI=1S/C13H19NOS.ClH/c1-10-8-16-9-11(10)13-5-3-2-4-12(13)15-7-6-14-13;/h8-9,12,14H,2-7H2,1H3;1H/t12-,13-;/m1./s1. The van der Waals surface area contributed by atoms with Crippen LogP contribution in [0.5, 0.6) is 0 Å². The second-order valence-electron chi connectivity index (χ2n) is 4.97. The Morgan fingerprint density at radius 3 is 3.06 bits per heavy atom. The molecule has 96 valence electrons. The molecule has 0 spiro atoms. The molecule has 0 radical (unpaired) electrons. The minimum Gasteiger partial charge on any atom is -0.375 e. The van der Waals surface area contributed by atoms with Gasteiger partial charge in [0, 0.05) is 6.54 Å². The molecule has 2 aliphatic rings. The Kier molecular flexibility index (Phi) is 4.14. The summed E-state index contributed by atoms with van der Waals surface area (Å²) in [6.07, 6.45) is 5.47. The zero-order valence-corrected chi connectivity index (χ0v) is 11.8. The first-order valence-electron chi connectivity index (χ1n) is 6.23. The van der Waals surface area contributed by atoms with Crippen molar-refractivity contribution in [2.45, 2.75) is 44.2 Å². The molecule has 0 amide bonds. The molecular formula is C13H20ClNOS. The fourth-order valence-electron chi connectivity index (χ4n) is 3.26. The number of fused-ring (bicyclic) bond motifs is 1. The van der Waals surface area contributed by atoms with E-state index in [-0.39, 0.29) is 17.9 Å². The van der Waals surface area contributed by atoms with Gasteiger partial charge in [-0.2, -0.15) is 11.3 Å². The molecule has 4 heteroatoms. The fourth-order valence-corrected chi connectivity index (χ4v) is 4.20. The maximum atomic E-state index is 6.01. The average molecular weight is 274 g/mol. The second kappa shape index (κ2) is 5.27. The Labute approximate surface area is 113 Å². The van der Waals surface area contributed by atoms with Crippen molar-refractivity contribution in [2.75, 3.05) is 13.2 Å². The van der Waals surface area contributed by atoms with Crippen LogP contribution in [0.2, 0.25) is 0 Å². The zero-order valence-electron chi connectivity index (χ0n) is 10.2. The number of hydrogen-bond acceptors (Lipinski definition) is 3. The Morgan fingerprint density at radius 1 is 1.41 bits per heavy atom. The van der Waals surface area contributed by atoms with Crippen LogP contribution in [0.25, 0.3) is 0 Å². The Bertz CT molecular complexity index is 367. The predicted molar refractivity (Wildman–Crippen MR) is 74.2 cm³/mol. The summed E-state index contributed by atoms with van der Waals surface area (Å²) < 4.78 is 6.01. The summed E-state index contributed by atoms with van der Waals surface area (Å²) in [5.41, 5.74) is 3.04. The first-order valence-corrected chi connectivity index (χ1v) is 7.17. The van der Waals surface area contributed by atoms with Crippen molar-refractivity contribution in [3.05, 3.63) is 21.9 Å². The van der Waals surface area contributed by atoms with Crippen molar-refractivity contribution in [1.82, 2.24) is 5.32 Å². The van der Waals surface area contributed by atoms with E-state index in [1.807, 2.05) is 11.3 Å². The van der Waals surface area contributed by atoms with Crippen LogP contribution in [0.15, 0.2) is 10.8 Å². The van der Waals surface area contributed by atoms with Crippen LogP contribution >= 0.6 is 23.7 Å². The summed E-state index contributed by atoms with van der Waals surface area (Å²) in [7, 11) is 0. The number of ether oxygens (including phenoxy) is 1. The number of hydrogen-bond donors (Lipinski definition) is 1. The molecule has 2 fully saturated rings. The van der Waals surface area contributed by atoms with Gasteiger partial charge in [0.05, 0.1) is 18.2 Å². The van der Waals surface area contributed by atoms with Gasteiger partial charge in [-0.25, -0.2) is 0 Å². The van der Waals surface area contributed by atoms with Crippen LogP contribution in [0.4, 0.5) is 0 Å². The third kappa shape index (κ3) is 2.14. The average Bonchev–Trinajstić information content (AvgIpc) is 2.76. The van der Waals surface area contributed by atoms with Crippen LogP contribution in [0.3, 0.4) is 0 Å². The highest BCUT2D eigenvalue weighted by Crippen LogP contribution is 2.42. The molecule has 1 saturated carbocycles. The van der Waals surface area contributed by atoms with Gasteiger partial charge >= 0.3 is 0 Å². The molecule has 1 saturated heterocycles. The molecule has 0 bridgehead atoms. The zero-order chi connectivity index (χ0) is 11.0. The van der Waals surface area contributed by atoms with Gasteiger partial charge in [0.25, 0.3) is 0 Å². The maximum Gasteiger partial charge on any atom is 0.0799 e. The van der Waals surface area contributed by atoms with E-state index in [0.29, 0.717) is 6.10 Å². The fraction of sp³-hybridized carbons (Fsp3) is 0.692. The molecule has 17 heavy (non-hydrogen) atoms. The van der Waals surface area contributed by atoms with Crippen LogP contribution in [-0.4, -0.2) is 19.3 Å². The normalized spacial score (nSPS) is 32.6. The van der Waals surface area contributed by atoms with E-state index in [4.69, 9.17) is 4.74 Å². The molecule has 2 nitrogen and oxygen atoms in total. The van der Waals surface area contributed by atoms with Crippen LogP contribution in [-0.2, 0) is 10.3 Å². The summed E-state index contributed by atoms with van der Waals surface area (Å²) in [5, 5.41) is 8.33. The van der Waals surface area contributed by atoms with Gasteiger partial charge in [-0.05, 0) is 41.7 Å². The molecule has 1 aliphatic heterocycles. The molecule has 2 atom stereocenters. The number of aryl methyl sites for hydroxylation is 1. The van der Waals surface area contributed by atoms with E-state index >= 15 is 0 Å². The van der Waals surface area contributed by atoms with E-state index < -0.39 is 0 Å². The number of halogens is 1. The van der Waals surface area contributed by atoms with Crippen LogP contribution in [0.1, 0.15) is 36.8 Å². The molecule has 1 aliphatic carbocycles. The number of thiophene rings is 1. The Hall–Kier alpha value is -0.0900. The summed E-state index contributed by atoms with van der Waals surface area (Å²) >= 11 is 1.81. The lowest BCUT2D eigenvalue weighted by atomic mass is 9.73. The van der Waals surface area contributed by atoms with E-state index in [1.165, 1.54) is 36.8 Å². The number of morpholine rings is 1. The molecule has 0 aromatic carbocycles. The van der Waals surface area contributed by atoms with Crippen molar-refractivity contribution >= 4 is 23.7 Å². The minimum absolute atomic E-state index is 0. The third-order valence-electron chi connectivity index (χ3n) is 4.03. The first kappa shape index (κ1) is 13.3. The van der Waals surface area contributed by atoms with Gasteiger partial charge in [0.2, 0.25) is 0 Å². The lowest BCUT2D eigenvalue weighted by Gasteiger charge is -2.48. The SMILES string of the molecule is Cc1cscc1[C@]12CCCC[C@H]1OCCN2.Cl. The molecular weight excluding hydrogens is 254 g/mol. The quantitative estimate of drug-likeness (QED) is 0.848. The molecule has 0 unspecified atom stereocenters. The third-order valence-corrected chi connectivity index (χ3v) is 4.90. The molecule has 2 heterocycles. The lowest BCUT2D eigenvalue weighted by Crippen LogP contribution is -2.59. The second-order valence-corrected chi connectivity index (χ2v) is 5.72. The molecule has 3 rings (SSSR count). The van der Waals surface area contributed by atoms with Gasteiger partial charge in [-0.3, -0.25) is 0 Å². The Morgan fingerprint density at radius 2 is 2.29 bits per heavy atom. The van der Waals surface area contributed by atoms with Gasteiger partial charge in [0.1, 0.15) is 0 Å². The van der Waals surface area contributed by atoms with Crippen LogP contribution in [0, 0.1) is 6.92 Å². The largest absolute Gasteiger partial charge is 0.375 e. The maximum absolute atomic E-state index is 6.01. The highest BCUT2D eigenvalue weighted by Gasteiger charge is 2.45.